The molecule has 0 unspecified atom stereocenters. The Kier molecular flexibility index (Phi) is 8.14. The van der Waals surface area contributed by atoms with Crippen molar-refractivity contribution in [3.63, 3.8) is 0 Å². The number of amides is 1. The van der Waals surface area contributed by atoms with E-state index in [9.17, 15) is 4.79 Å². The quantitative estimate of drug-likeness (QED) is 0.512. The first kappa shape index (κ1) is 26.4. The number of nitrogens with zero attached hydrogens (tertiary/aromatic N) is 6. The van der Waals surface area contributed by atoms with Crippen LogP contribution in [0.15, 0.2) is 41.8 Å². The number of piperazine rings is 1. The van der Waals surface area contributed by atoms with Crippen LogP contribution in [0.2, 0.25) is 0 Å². The summed E-state index contributed by atoms with van der Waals surface area (Å²) in [5.41, 5.74) is 5.28. The minimum Gasteiger partial charge on any atom is -0.441 e. The maximum atomic E-state index is 12.4. The van der Waals surface area contributed by atoms with E-state index in [1.807, 2.05) is 24.0 Å². The normalized spacial score (nSPS) is 21.5. The second kappa shape index (κ2) is 11.7. The van der Waals surface area contributed by atoms with E-state index in [0.29, 0.717) is 38.3 Å². The van der Waals surface area contributed by atoms with Crippen molar-refractivity contribution in [3.05, 3.63) is 47.9 Å². The lowest BCUT2D eigenvalue weighted by molar-refractivity contribution is -0.105. The summed E-state index contributed by atoms with van der Waals surface area (Å²) in [4.78, 5) is 23.9. The zero-order chi connectivity index (χ0) is 26.6. The summed E-state index contributed by atoms with van der Waals surface area (Å²) in [6.45, 7) is 16.3. The van der Waals surface area contributed by atoms with Crippen molar-refractivity contribution >= 4 is 18.5 Å². The van der Waals surface area contributed by atoms with E-state index in [2.05, 4.69) is 59.7 Å². The molecule has 9 heteroatoms. The fourth-order valence-corrected chi connectivity index (χ4v) is 5.59. The molecule has 3 aliphatic heterocycles. The van der Waals surface area contributed by atoms with E-state index in [0.717, 1.165) is 42.3 Å². The van der Waals surface area contributed by atoms with Crippen LogP contribution in [0.1, 0.15) is 50.8 Å². The first-order chi connectivity index (χ1) is 18.5. The Hall–Kier alpha value is -3.17. The molecule has 5 heterocycles. The van der Waals surface area contributed by atoms with Crippen LogP contribution in [0.3, 0.4) is 0 Å². The highest BCUT2D eigenvalue weighted by Crippen LogP contribution is 2.31. The van der Waals surface area contributed by atoms with Gasteiger partial charge in [-0.15, -0.1) is 0 Å². The number of carbonyl (C=O) groups excluding carboxylic acids is 1. The summed E-state index contributed by atoms with van der Waals surface area (Å²) in [6, 6.07) is 7.07. The molecule has 2 aromatic heterocycles. The molecule has 3 aliphatic rings. The number of pyridine rings is 1. The number of carbonyl (C=O) groups is 1. The van der Waals surface area contributed by atoms with Gasteiger partial charge in [-0.25, -0.2) is 9.47 Å². The summed E-state index contributed by atoms with van der Waals surface area (Å²) in [6.07, 6.45) is 8.23. The molecule has 2 aromatic rings. The topological polar surface area (TPSA) is 75.4 Å². The number of ether oxygens (including phenoxy) is 2. The molecule has 3 saturated heterocycles. The number of allylic oxidation sites excluding steroid dienone is 1. The minimum absolute atomic E-state index is 0.105. The Labute approximate surface area is 225 Å². The molecule has 204 valence electrons. The molecule has 0 spiro atoms. The van der Waals surface area contributed by atoms with Gasteiger partial charge in [0.1, 0.15) is 0 Å². The van der Waals surface area contributed by atoms with Crippen molar-refractivity contribution in [2.45, 2.75) is 51.7 Å². The minimum atomic E-state index is -0.252. The van der Waals surface area contributed by atoms with Gasteiger partial charge in [0.15, 0.2) is 6.10 Å². The summed E-state index contributed by atoms with van der Waals surface area (Å²) < 4.78 is 12.4. The van der Waals surface area contributed by atoms with Gasteiger partial charge in [-0.1, -0.05) is 12.1 Å². The van der Waals surface area contributed by atoms with E-state index in [1.54, 1.807) is 4.90 Å². The van der Waals surface area contributed by atoms with Crippen molar-refractivity contribution in [1.29, 1.82) is 0 Å². The third kappa shape index (κ3) is 5.63. The largest absolute Gasteiger partial charge is 0.441 e. The Morgan fingerprint density at radius 1 is 1.18 bits per heavy atom. The molecule has 0 radical (unpaired) electrons. The maximum absolute atomic E-state index is 12.4. The van der Waals surface area contributed by atoms with Crippen LogP contribution in [0.4, 0.5) is 4.79 Å². The van der Waals surface area contributed by atoms with Crippen molar-refractivity contribution < 1.29 is 14.3 Å². The number of rotatable bonds is 7. The third-order valence-corrected chi connectivity index (χ3v) is 7.98. The van der Waals surface area contributed by atoms with Crippen LogP contribution in [0, 0.1) is 0 Å². The van der Waals surface area contributed by atoms with Crippen LogP contribution in [0.25, 0.3) is 17.0 Å². The highest BCUT2D eigenvalue weighted by molar-refractivity contribution is 5.71. The summed E-state index contributed by atoms with van der Waals surface area (Å²) >= 11 is 0. The standard InChI is InChI=1S/C29H40N6O3/c1-5-27(32-11-13-33(14-12-32)29(36)38-25-19-37-20-25)28-15-24(18-35(28)30-4)26-9-8-22(16-31-26)23-7-6-10-34(17-23)21(2)3/h5,8-9,15-16,18,21,23,25H,4,6-7,10-14,17,19-20H2,1-3H3/b27-5+/t23-/m0/s1. The van der Waals surface area contributed by atoms with Crippen LogP contribution in [0.5, 0.6) is 0 Å². The smallest absolute Gasteiger partial charge is 0.410 e. The molecule has 0 N–H and O–H groups in total. The van der Waals surface area contributed by atoms with Gasteiger partial charge in [-0.3, -0.25) is 4.98 Å². The molecule has 3 fully saturated rings. The predicted octanol–water partition coefficient (Wildman–Crippen LogP) is 4.12. The van der Waals surface area contributed by atoms with Crippen molar-refractivity contribution in [2.75, 3.05) is 52.5 Å². The first-order valence-electron chi connectivity index (χ1n) is 13.8. The highest BCUT2D eigenvalue weighted by Gasteiger charge is 2.29. The number of likely N-dealkylation sites (tertiary alicyclic amines) is 1. The number of hydrogen-bond acceptors (Lipinski definition) is 7. The molecule has 38 heavy (non-hydrogen) atoms. The number of aromatic nitrogens is 2. The average molecular weight is 521 g/mol. The molecular weight excluding hydrogens is 480 g/mol. The Morgan fingerprint density at radius 3 is 2.55 bits per heavy atom. The lowest BCUT2D eigenvalue weighted by atomic mass is 9.91. The van der Waals surface area contributed by atoms with E-state index in [4.69, 9.17) is 14.5 Å². The second-order valence-electron chi connectivity index (χ2n) is 10.7. The van der Waals surface area contributed by atoms with Gasteiger partial charge in [-0.05, 0) is 63.8 Å². The van der Waals surface area contributed by atoms with E-state index < -0.39 is 0 Å². The molecular formula is C29H40N6O3. The average Bonchev–Trinajstić information content (AvgIpc) is 3.35. The summed E-state index contributed by atoms with van der Waals surface area (Å²) in [5, 5.41) is 4.26. The molecule has 9 nitrogen and oxygen atoms in total. The maximum Gasteiger partial charge on any atom is 0.410 e. The first-order valence-corrected chi connectivity index (χ1v) is 13.8. The zero-order valence-corrected chi connectivity index (χ0v) is 22.9. The van der Waals surface area contributed by atoms with Gasteiger partial charge in [-0.2, -0.15) is 5.10 Å². The number of hydrogen-bond donors (Lipinski definition) is 0. The lowest BCUT2D eigenvalue weighted by Gasteiger charge is -2.38. The van der Waals surface area contributed by atoms with Gasteiger partial charge in [0, 0.05) is 63.4 Å². The second-order valence-corrected chi connectivity index (χ2v) is 10.7. The zero-order valence-electron chi connectivity index (χ0n) is 22.9. The molecule has 5 rings (SSSR count). The molecule has 0 aliphatic carbocycles. The summed E-state index contributed by atoms with van der Waals surface area (Å²) in [5.74, 6) is 0.537. The van der Waals surface area contributed by atoms with Crippen LogP contribution < -0.4 is 0 Å². The third-order valence-electron chi connectivity index (χ3n) is 7.98. The van der Waals surface area contributed by atoms with E-state index >= 15 is 0 Å². The van der Waals surface area contributed by atoms with Gasteiger partial charge < -0.3 is 24.2 Å². The molecule has 1 amide bonds. The molecule has 0 bridgehead atoms. The monoisotopic (exact) mass is 520 g/mol. The predicted molar refractivity (Wildman–Crippen MR) is 149 cm³/mol. The Balaban J connectivity index is 1.26. The molecule has 1 atom stereocenters. The van der Waals surface area contributed by atoms with Gasteiger partial charge >= 0.3 is 6.09 Å². The molecule has 0 saturated carbocycles. The van der Waals surface area contributed by atoms with Gasteiger partial charge in [0.25, 0.3) is 0 Å². The Morgan fingerprint density at radius 2 is 1.95 bits per heavy atom. The molecule has 0 aromatic carbocycles. The van der Waals surface area contributed by atoms with Crippen LogP contribution >= 0.6 is 0 Å². The number of piperidine rings is 1. The van der Waals surface area contributed by atoms with E-state index in [1.165, 1.54) is 24.9 Å². The van der Waals surface area contributed by atoms with Crippen LogP contribution in [-0.2, 0) is 9.47 Å². The summed E-state index contributed by atoms with van der Waals surface area (Å²) in [7, 11) is 0. The van der Waals surface area contributed by atoms with Crippen molar-refractivity contribution in [2.24, 2.45) is 5.10 Å². The van der Waals surface area contributed by atoms with Crippen LogP contribution in [-0.4, -0.2) is 102 Å². The fourth-order valence-electron chi connectivity index (χ4n) is 5.59. The van der Waals surface area contributed by atoms with Crippen molar-refractivity contribution in [1.82, 2.24) is 24.4 Å². The Bertz CT molecular complexity index is 1150. The highest BCUT2D eigenvalue weighted by atomic mass is 16.6. The lowest BCUT2D eigenvalue weighted by Crippen LogP contribution is -2.50. The van der Waals surface area contributed by atoms with Crippen molar-refractivity contribution in [3.8, 4) is 11.3 Å². The fraction of sp³-hybridized carbons (Fsp3) is 0.552. The van der Waals surface area contributed by atoms with E-state index in [-0.39, 0.29) is 12.2 Å². The van der Waals surface area contributed by atoms with Gasteiger partial charge in [0.05, 0.1) is 30.3 Å². The van der Waals surface area contributed by atoms with Gasteiger partial charge in [0.2, 0.25) is 0 Å². The SMILES string of the molecule is C=Nn1cc(-c2ccc([C@H]3CCCN(C(C)C)C3)cn2)cc1/C(=C\C)N1CCN(C(=O)OC2COC2)CC1.